The number of benzene rings is 2. The second kappa shape index (κ2) is 4.28. The van der Waals surface area contributed by atoms with E-state index in [2.05, 4.69) is 29.2 Å². The molecule has 0 atom stereocenters. The van der Waals surface area contributed by atoms with Crippen LogP contribution in [0.4, 0.5) is 0 Å². The molecule has 0 spiro atoms. The first kappa shape index (κ1) is 11.7. The number of pyridine rings is 2. The van der Waals surface area contributed by atoms with Crippen molar-refractivity contribution in [3.8, 4) is 17.1 Å². The van der Waals surface area contributed by atoms with Gasteiger partial charge in [0, 0.05) is 16.3 Å². The Kier molecular flexibility index (Phi) is 2.27. The number of ether oxygens (including phenoxy) is 1. The summed E-state index contributed by atoms with van der Waals surface area (Å²) in [6, 6.07) is 20.5. The highest BCUT2D eigenvalue weighted by atomic mass is 16.5. The molecule has 0 aliphatic carbocycles. The molecular weight excluding hydrogens is 272 g/mol. The predicted octanol–water partition coefficient (Wildman–Crippen LogP) is 4.34. The molecule has 3 nitrogen and oxygen atoms in total. The highest BCUT2D eigenvalue weighted by molar-refractivity contribution is 5.89. The summed E-state index contributed by atoms with van der Waals surface area (Å²) >= 11 is 0. The average Bonchev–Trinajstić information content (AvgIpc) is 2.58. The van der Waals surface area contributed by atoms with Gasteiger partial charge >= 0.3 is 0 Å². The molecule has 22 heavy (non-hydrogen) atoms. The van der Waals surface area contributed by atoms with Gasteiger partial charge in [0.2, 0.25) is 5.88 Å². The molecule has 2 aromatic heterocycles. The molecule has 0 radical (unpaired) electrons. The largest absolute Gasteiger partial charge is 0.472 e. The highest BCUT2D eigenvalue weighted by Crippen LogP contribution is 2.38. The molecular formula is C19H12N2O. The first-order valence-corrected chi connectivity index (χ1v) is 7.30. The van der Waals surface area contributed by atoms with Gasteiger partial charge in [0.1, 0.15) is 6.61 Å². The zero-order valence-corrected chi connectivity index (χ0v) is 11.8. The Morgan fingerprint density at radius 1 is 0.773 bits per heavy atom. The van der Waals surface area contributed by atoms with E-state index < -0.39 is 0 Å². The van der Waals surface area contributed by atoms with Crippen molar-refractivity contribution >= 4 is 21.8 Å². The van der Waals surface area contributed by atoms with Crippen LogP contribution in [0.2, 0.25) is 0 Å². The van der Waals surface area contributed by atoms with Crippen molar-refractivity contribution < 1.29 is 4.74 Å². The van der Waals surface area contributed by atoms with Crippen molar-refractivity contribution in [3.05, 3.63) is 66.2 Å². The van der Waals surface area contributed by atoms with Crippen molar-refractivity contribution in [3.63, 3.8) is 0 Å². The van der Waals surface area contributed by atoms with Crippen LogP contribution in [0.1, 0.15) is 5.56 Å². The van der Waals surface area contributed by atoms with Crippen LogP contribution in [-0.2, 0) is 6.61 Å². The summed E-state index contributed by atoms with van der Waals surface area (Å²) in [5.41, 5.74) is 5.03. The number of hydrogen-bond acceptors (Lipinski definition) is 3. The first-order chi connectivity index (χ1) is 10.9. The van der Waals surface area contributed by atoms with Gasteiger partial charge in [-0.1, -0.05) is 36.4 Å². The van der Waals surface area contributed by atoms with Gasteiger partial charge in [-0.25, -0.2) is 9.97 Å². The average molecular weight is 284 g/mol. The third kappa shape index (κ3) is 1.62. The van der Waals surface area contributed by atoms with Crippen LogP contribution in [0.5, 0.6) is 5.88 Å². The molecule has 0 fully saturated rings. The topological polar surface area (TPSA) is 35.0 Å². The quantitative estimate of drug-likeness (QED) is 0.481. The smallest absolute Gasteiger partial charge is 0.223 e. The molecule has 104 valence electrons. The minimum absolute atomic E-state index is 0.519. The third-order valence-corrected chi connectivity index (χ3v) is 4.11. The standard InChI is InChI=1S/C19H12N2O/c1-3-7-16-12(5-1)9-14-11-22-19-15(18(14)20-16)10-13-6-2-4-8-17(13)21-19/h1-10H,11H2. The number of aromatic nitrogens is 2. The fourth-order valence-corrected chi connectivity index (χ4v) is 3.03. The van der Waals surface area contributed by atoms with Crippen LogP contribution in [0.25, 0.3) is 33.1 Å². The highest BCUT2D eigenvalue weighted by Gasteiger charge is 2.21. The van der Waals surface area contributed by atoms with Gasteiger partial charge in [0.05, 0.1) is 22.3 Å². The van der Waals surface area contributed by atoms with E-state index in [0.717, 1.165) is 38.6 Å². The maximum atomic E-state index is 5.86. The molecule has 3 heterocycles. The summed E-state index contributed by atoms with van der Waals surface area (Å²) in [5, 5.41) is 2.25. The number of nitrogens with zero attached hydrogens (tertiary/aromatic N) is 2. The molecule has 0 unspecified atom stereocenters. The molecule has 1 aliphatic rings. The van der Waals surface area contributed by atoms with Gasteiger partial charge in [0.15, 0.2) is 0 Å². The van der Waals surface area contributed by atoms with E-state index in [1.807, 2.05) is 36.4 Å². The van der Waals surface area contributed by atoms with Crippen LogP contribution < -0.4 is 4.74 Å². The Bertz CT molecular complexity index is 955. The number of fused-ring (bicyclic) bond motifs is 5. The third-order valence-electron chi connectivity index (χ3n) is 4.11. The van der Waals surface area contributed by atoms with E-state index in [4.69, 9.17) is 9.72 Å². The van der Waals surface area contributed by atoms with E-state index in [1.165, 1.54) is 0 Å². The lowest BCUT2D eigenvalue weighted by molar-refractivity contribution is 0.290. The van der Waals surface area contributed by atoms with Crippen molar-refractivity contribution in [1.82, 2.24) is 9.97 Å². The Hall–Kier alpha value is -2.94. The van der Waals surface area contributed by atoms with Crippen molar-refractivity contribution in [2.45, 2.75) is 6.61 Å². The Labute approximate surface area is 127 Å². The zero-order chi connectivity index (χ0) is 14.5. The summed E-state index contributed by atoms with van der Waals surface area (Å²) in [5.74, 6) is 0.675. The lowest BCUT2D eigenvalue weighted by atomic mass is 10.0. The number of hydrogen-bond donors (Lipinski definition) is 0. The van der Waals surface area contributed by atoms with Crippen molar-refractivity contribution in [1.29, 1.82) is 0 Å². The van der Waals surface area contributed by atoms with E-state index in [-0.39, 0.29) is 0 Å². The van der Waals surface area contributed by atoms with Gasteiger partial charge in [-0.05, 0) is 24.3 Å². The van der Waals surface area contributed by atoms with Gasteiger partial charge in [0.25, 0.3) is 0 Å². The van der Waals surface area contributed by atoms with E-state index in [1.54, 1.807) is 0 Å². The SMILES string of the molecule is c1ccc2nc3c(cc2c1)-c1nc2ccccc2cc1CO3. The predicted molar refractivity (Wildman–Crippen MR) is 86.8 cm³/mol. The van der Waals surface area contributed by atoms with Gasteiger partial charge in [-0.15, -0.1) is 0 Å². The molecule has 5 rings (SSSR count). The normalized spacial score (nSPS) is 12.7. The van der Waals surface area contributed by atoms with Gasteiger partial charge < -0.3 is 4.74 Å². The summed E-state index contributed by atoms with van der Waals surface area (Å²) in [4.78, 5) is 9.48. The Balaban J connectivity index is 1.84. The fraction of sp³-hybridized carbons (Fsp3) is 0.0526. The second-order valence-electron chi connectivity index (χ2n) is 5.51. The minimum atomic E-state index is 0.519. The number of para-hydroxylation sites is 2. The molecule has 2 aromatic carbocycles. The maximum Gasteiger partial charge on any atom is 0.223 e. The van der Waals surface area contributed by atoms with Crippen LogP contribution in [0.3, 0.4) is 0 Å². The van der Waals surface area contributed by atoms with Crippen LogP contribution >= 0.6 is 0 Å². The summed E-state index contributed by atoms with van der Waals surface area (Å²) in [7, 11) is 0. The molecule has 1 aliphatic heterocycles. The molecule has 0 amide bonds. The fourth-order valence-electron chi connectivity index (χ4n) is 3.03. The van der Waals surface area contributed by atoms with Crippen LogP contribution in [-0.4, -0.2) is 9.97 Å². The molecule has 0 bridgehead atoms. The summed E-state index contributed by atoms with van der Waals surface area (Å²) in [6.07, 6.45) is 0. The Morgan fingerprint density at radius 3 is 2.27 bits per heavy atom. The monoisotopic (exact) mass is 284 g/mol. The van der Waals surface area contributed by atoms with E-state index >= 15 is 0 Å². The molecule has 0 saturated carbocycles. The van der Waals surface area contributed by atoms with E-state index in [0.29, 0.717) is 12.5 Å². The van der Waals surface area contributed by atoms with Crippen molar-refractivity contribution in [2.75, 3.05) is 0 Å². The molecule has 0 N–H and O–H groups in total. The minimum Gasteiger partial charge on any atom is -0.472 e. The summed E-state index contributed by atoms with van der Waals surface area (Å²) < 4.78 is 5.86. The first-order valence-electron chi connectivity index (χ1n) is 7.30. The van der Waals surface area contributed by atoms with Crippen LogP contribution in [0, 0.1) is 0 Å². The second-order valence-corrected chi connectivity index (χ2v) is 5.51. The van der Waals surface area contributed by atoms with Gasteiger partial charge in [-0.2, -0.15) is 0 Å². The van der Waals surface area contributed by atoms with Crippen LogP contribution in [0.15, 0.2) is 60.7 Å². The molecule has 4 aromatic rings. The van der Waals surface area contributed by atoms with E-state index in [9.17, 15) is 0 Å². The van der Waals surface area contributed by atoms with Gasteiger partial charge in [-0.3, -0.25) is 0 Å². The maximum absolute atomic E-state index is 5.86. The zero-order valence-electron chi connectivity index (χ0n) is 11.8. The molecule has 3 heteroatoms. The lowest BCUT2D eigenvalue weighted by Crippen LogP contribution is -2.08. The number of rotatable bonds is 0. The molecule has 0 saturated heterocycles. The lowest BCUT2D eigenvalue weighted by Gasteiger charge is -2.20. The van der Waals surface area contributed by atoms with Crippen molar-refractivity contribution in [2.24, 2.45) is 0 Å². The Morgan fingerprint density at radius 2 is 1.45 bits per heavy atom. The summed E-state index contributed by atoms with van der Waals surface area (Å²) in [6.45, 7) is 0.519.